The fourth-order valence-corrected chi connectivity index (χ4v) is 5.20. The molecule has 3 aromatic rings. The van der Waals surface area contributed by atoms with Crippen LogP contribution in [0.3, 0.4) is 0 Å². The maximum Gasteiger partial charge on any atom is 0.259 e. The van der Waals surface area contributed by atoms with Crippen LogP contribution in [0.2, 0.25) is 0 Å². The highest BCUT2D eigenvalue weighted by molar-refractivity contribution is 7.16. The maximum atomic E-state index is 13.3. The number of carbonyl (C=O) groups is 1. The molecule has 1 amide bonds. The van der Waals surface area contributed by atoms with Crippen molar-refractivity contribution in [2.75, 3.05) is 19.5 Å². The lowest BCUT2D eigenvalue weighted by atomic mass is 9.88. The Morgan fingerprint density at radius 3 is 2.71 bits per heavy atom. The number of methoxy groups -OCH3 is 2. The number of anilines is 1. The predicted molar refractivity (Wildman–Crippen MR) is 127 cm³/mol. The molecule has 31 heavy (non-hydrogen) atoms. The van der Waals surface area contributed by atoms with Gasteiger partial charge in [-0.15, -0.1) is 11.3 Å². The Bertz CT molecular complexity index is 1110. The summed E-state index contributed by atoms with van der Waals surface area (Å²) in [5, 5.41) is 3.77. The van der Waals surface area contributed by atoms with Crippen molar-refractivity contribution in [2.24, 2.45) is 10.9 Å². The molecule has 1 heterocycles. The number of fused-ring (bicyclic) bond motifs is 1. The van der Waals surface area contributed by atoms with Crippen LogP contribution in [0, 0.1) is 5.92 Å². The van der Waals surface area contributed by atoms with Crippen LogP contribution in [0.25, 0.3) is 0 Å². The number of thiophene rings is 1. The topological polar surface area (TPSA) is 59.9 Å². The van der Waals surface area contributed by atoms with E-state index in [1.807, 2.05) is 48.5 Å². The number of para-hydroxylation sites is 1. The number of ether oxygens (including phenoxy) is 2. The Labute approximate surface area is 186 Å². The van der Waals surface area contributed by atoms with Crippen LogP contribution < -0.4 is 14.8 Å². The lowest BCUT2D eigenvalue weighted by Gasteiger charge is -2.18. The Hall–Kier alpha value is -3.12. The van der Waals surface area contributed by atoms with Crippen molar-refractivity contribution in [3.05, 3.63) is 70.1 Å². The monoisotopic (exact) mass is 434 g/mol. The molecule has 0 fully saturated rings. The molecule has 1 aliphatic carbocycles. The Balaban J connectivity index is 1.72. The van der Waals surface area contributed by atoms with Crippen molar-refractivity contribution < 1.29 is 14.3 Å². The second-order valence-corrected chi connectivity index (χ2v) is 8.80. The first kappa shape index (κ1) is 21.1. The number of hydrogen-bond donors (Lipinski definition) is 1. The second kappa shape index (κ2) is 9.35. The fraction of sp³-hybridized carbons (Fsp3) is 0.280. The molecule has 0 radical (unpaired) electrons. The van der Waals surface area contributed by atoms with Gasteiger partial charge in [-0.3, -0.25) is 4.79 Å². The molecule has 2 aromatic carbocycles. The number of hydrogen-bond acceptors (Lipinski definition) is 5. The second-order valence-electron chi connectivity index (χ2n) is 7.72. The van der Waals surface area contributed by atoms with E-state index < -0.39 is 0 Å². The highest BCUT2D eigenvalue weighted by atomic mass is 32.1. The molecule has 1 aliphatic rings. The van der Waals surface area contributed by atoms with Gasteiger partial charge in [0.1, 0.15) is 16.5 Å². The summed E-state index contributed by atoms with van der Waals surface area (Å²) >= 11 is 1.62. The molecule has 1 N–H and O–H groups in total. The zero-order valence-corrected chi connectivity index (χ0v) is 18.8. The van der Waals surface area contributed by atoms with Crippen molar-refractivity contribution in [1.29, 1.82) is 0 Å². The van der Waals surface area contributed by atoms with Crippen molar-refractivity contribution in [3.63, 3.8) is 0 Å². The van der Waals surface area contributed by atoms with E-state index in [0.29, 0.717) is 17.2 Å². The summed E-state index contributed by atoms with van der Waals surface area (Å²) in [6.07, 6.45) is 4.73. The standard InChI is InChI=1S/C25H26N2O3S/c1-16-9-11-20-22(13-16)31-25(23(20)24(28)27-18-7-5-4-6-8-18)26-15-17-14-19(29-2)10-12-21(17)30-3/h4-8,10,12,14-16H,9,11,13H2,1-3H3,(H,27,28)/b26-15+. The van der Waals surface area contributed by atoms with Gasteiger partial charge < -0.3 is 14.8 Å². The number of aliphatic imine (C=N–C) groups is 1. The van der Waals surface area contributed by atoms with Gasteiger partial charge in [0, 0.05) is 22.3 Å². The van der Waals surface area contributed by atoms with Crippen LogP contribution >= 0.6 is 11.3 Å². The van der Waals surface area contributed by atoms with Crippen LogP contribution in [0.1, 0.15) is 39.7 Å². The Morgan fingerprint density at radius 2 is 1.97 bits per heavy atom. The molecular formula is C25H26N2O3S. The smallest absolute Gasteiger partial charge is 0.259 e. The highest BCUT2D eigenvalue weighted by Gasteiger charge is 2.27. The van der Waals surface area contributed by atoms with Crippen LogP contribution in [0.4, 0.5) is 10.7 Å². The summed E-state index contributed by atoms with van der Waals surface area (Å²) in [5.74, 6) is 1.94. The third kappa shape index (κ3) is 4.64. The predicted octanol–water partition coefficient (Wildman–Crippen LogP) is 5.89. The van der Waals surface area contributed by atoms with E-state index in [-0.39, 0.29) is 5.91 Å². The third-order valence-electron chi connectivity index (χ3n) is 5.51. The zero-order chi connectivity index (χ0) is 21.8. The number of carbonyl (C=O) groups excluding carboxylic acids is 1. The van der Waals surface area contributed by atoms with Crippen molar-refractivity contribution in [2.45, 2.75) is 26.2 Å². The zero-order valence-electron chi connectivity index (χ0n) is 18.0. The first-order chi connectivity index (χ1) is 15.1. The minimum absolute atomic E-state index is 0.108. The Kier molecular flexibility index (Phi) is 6.37. The molecular weight excluding hydrogens is 408 g/mol. The van der Waals surface area contributed by atoms with E-state index in [1.165, 1.54) is 4.88 Å². The van der Waals surface area contributed by atoms with Crippen LogP contribution in [0.15, 0.2) is 53.5 Å². The quantitative estimate of drug-likeness (QED) is 0.492. The molecule has 1 aromatic heterocycles. The maximum absolute atomic E-state index is 13.3. The third-order valence-corrected chi connectivity index (χ3v) is 6.67. The van der Waals surface area contributed by atoms with Gasteiger partial charge in [0.05, 0.1) is 19.8 Å². The van der Waals surface area contributed by atoms with Crippen molar-refractivity contribution in [1.82, 2.24) is 0 Å². The number of nitrogens with zero attached hydrogens (tertiary/aromatic N) is 1. The number of rotatable bonds is 6. The van der Waals surface area contributed by atoms with Crippen LogP contribution in [0.5, 0.6) is 11.5 Å². The van der Waals surface area contributed by atoms with E-state index in [1.54, 1.807) is 31.8 Å². The molecule has 0 saturated heterocycles. The largest absolute Gasteiger partial charge is 0.497 e. The normalized spacial score (nSPS) is 15.5. The van der Waals surface area contributed by atoms with E-state index in [2.05, 4.69) is 12.2 Å². The van der Waals surface area contributed by atoms with Gasteiger partial charge in [-0.05, 0) is 61.1 Å². The van der Waals surface area contributed by atoms with Gasteiger partial charge in [0.2, 0.25) is 0 Å². The molecule has 0 bridgehead atoms. The van der Waals surface area contributed by atoms with Crippen LogP contribution in [-0.4, -0.2) is 26.3 Å². The molecule has 4 rings (SSSR count). The highest BCUT2D eigenvalue weighted by Crippen LogP contribution is 2.41. The van der Waals surface area contributed by atoms with E-state index in [4.69, 9.17) is 14.5 Å². The van der Waals surface area contributed by atoms with Crippen LogP contribution in [-0.2, 0) is 12.8 Å². The lowest BCUT2D eigenvalue weighted by molar-refractivity contribution is 0.102. The molecule has 0 aliphatic heterocycles. The van der Waals surface area contributed by atoms with Gasteiger partial charge in [-0.2, -0.15) is 0 Å². The molecule has 160 valence electrons. The number of nitrogens with one attached hydrogen (secondary N) is 1. The van der Waals surface area contributed by atoms with Crippen molar-refractivity contribution in [3.8, 4) is 11.5 Å². The van der Waals surface area contributed by atoms with Crippen molar-refractivity contribution >= 4 is 34.1 Å². The average molecular weight is 435 g/mol. The molecule has 0 saturated carbocycles. The van der Waals surface area contributed by atoms with Gasteiger partial charge in [-0.25, -0.2) is 4.99 Å². The summed E-state index contributed by atoms with van der Waals surface area (Å²) in [6, 6.07) is 15.1. The summed E-state index contributed by atoms with van der Waals surface area (Å²) in [4.78, 5) is 19.3. The average Bonchev–Trinajstić information content (AvgIpc) is 3.15. The van der Waals surface area contributed by atoms with Gasteiger partial charge in [0.15, 0.2) is 0 Å². The Morgan fingerprint density at radius 1 is 1.16 bits per heavy atom. The first-order valence-electron chi connectivity index (χ1n) is 10.4. The molecule has 1 atom stereocenters. The lowest BCUT2D eigenvalue weighted by Crippen LogP contribution is -2.16. The molecule has 1 unspecified atom stereocenters. The molecule has 6 heteroatoms. The summed E-state index contributed by atoms with van der Waals surface area (Å²) in [6.45, 7) is 2.26. The number of benzene rings is 2. The van der Waals surface area contributed by atoms with Gasteiger partial charge >= 0.3 is 0 Å². The van der Waals surface area contributed by atoms with E-state index >= 15 is 0 Å². The minimum Gasteiger partial charge on any atom is -0.497 e. The first-order valence-corrected chi connectivity index (χ1v) is 11.2. The molecule has 0 spiro atoms. The SMILES string of the molecule is COc1ccc(OC)c(/C=N/c2sc3c(c2C(=O)Nc2ccccc2)CCC(C)C3)c1. The minimum atomic E-state index is -0.108. The van der Waals surface area contributed by atoms with E-state index in [9.17, 15) is 4.79 Å². The summed E-state index contributed by atoms with van der Waals surface area (Å²) in [7, 11) is 3.26. The number of amides is 1. The fourth-order valence-electron chi connectivity index (χ4n) is 3.85. The molecule has 5 nitrogen and oxygen atoms in total. The van der Waals surface area contributed by atoms with E-state index in [0.717, 1.165) is 46.8 Å². The van der Waals surface area contributed by atoms with Gasteiger partial charge in [0.25, 0.3) is 5.91 Å². The van der Waals surface area contributed by atoms with Gasteiger partial charge in [-0.1, -0.05) is 25.1 Å². The summed E-state index contributed by atoms with van der Waals surface area (Å²) in [5.41, 5.74) is 3.41. The summed E-state index contributed by atoms with van der Waals surface area (Å²) < 4.78 is 10.8.